The van der Waals surface area contributed by atoms with Gasteiger partial charge in [-0.05, 0) is 44.0 Å². The number of aromatic nitrogens is 2. The summed E-state index contributed by atoms with van der Waals surface area (Å²) < 4.78 is 22.3. The molecule has 4 nitrogen and oxygen atoms in total. The molecule has 0 atom stereocenters. The molecular formula is C21H24FN3O. The Hall–Kier alpha value is -2.56. The molecule has 1 fully saturated rings. The lowest BCUT2D eigenvalue weighted by Gasteiger charge is -2.24. The SMILES string of the molecule is COc1cccc(F)c1-c1nc2cccc(C)n2c1NC1CCCCC1. The van der Waals surface area contributed by atoms with E-state index in [1.807, 2.05) is 25.1 Å². The van der Waals surface area contributed by atoms with Crippen molar-refractivity contribution in [1.82, 2.24) is 9.38 Å². The normalized spacial score (nSPS) is 15.3. The van der Waals surface area contributed by atoms with Crippen LogP contribution in [0.5, 0.6) is 5.75 Å². The van der Waals surface area contributed by atoms with Crippen LogP contribution < -0.4 is 10.1 Å². The highest BCUT2D eigenvalue weighted by Gasteiger charge is 2.24. The molecule has 1 saturated carbocycles. The van der Waals surface area contributed by atoms with Gasteiger partial charge in [0.15, 0.2) is 0 Å². The highest BCUT2D eigenvalue weighted by Crippen LogP contribution is 2.38. The molecule has 1 aliphatic carbocycles. The molecule has 0 aliphatic heterocycles. The smallest absolute Gasteiger partial charge is 0.139 e. The molecule has 2 aromatic heterocycles. The van der Waals surface area contributed by atoms with E-state index in [0.29, 0.717) is 23.0 Å². The molecule has 3 aromatic rings. The van der Waals surface area contributed by atoms with Crippen molar-refractivity contribution < 1.29 is 9.13 Å². The van der Waals surface area contributed by atoms with Gasteiger partial charge < -0.3 is 10.1 Å². The van der Waals surface area contributed by atoms with E-state index < -0.39 is 0 Å². The monoisotopic (exact) mass is 353 g/mol. The van der Waals surface area contributed by atoms with Gasteiger partial charge in [0.05, 0.1) is 12.7 Å². The zero-order valence-electron chi connectivity index (χ0n) is 15.3. The molecule has 0 saturated heterocycles. The van der Waals surface area contributed by atoms with Gasteiger partial charge in [-0.1, -0.05) is 31.4 Å². The Labute approximate surface area is 153 Å². The van der Waals surface area contributed by atoms with Crippen molar-refractivity contribution >= 4 is 11.5 Å². The Morgan fingerprint density at radius 2 is 1.88 bits per heavy atom. The van der Waals surface area contributed by atoms with Gasteiger partial charge in [-0.15, -0.1) is 0 Å². The van der Waals surface area contributed by atoms with Gasteiger partial charge in [0.25, 0.3) is 0 Å². The number of imidazole rings is 1. The summed E-state index contributed by atoms with van der Waals surface area (Å²) in [5, 5.41) is 3.67. The molecule has 26 heavy (non-hydrogen) atoms. The van der Waals surface area contributed by atoms with Gasteiger partial charge in [-0.25, -0.2) is 9.37 Å². The predicted octanol–water partition coefficient (Wildman–Crippen LogP) is 5.20. The standard InChI is InChI=1S/C21H24FN3O/c1-14-8-6-13-18-24-20(19-16(22)11-7-12-17(19)26-2)21(25(14)18)23-15-9-4-3-5-10-15/h6-8,11-13,15,23H,3-5,9-10H2,1-2H3. The Morgan fingerprint density at radius 1 is 1.12 bits per heavy atom. The van der Waals surface area contributed by atoms with Crippen molar-refractivity contribution in [2.75, 3.05) is 12.4 Å². The first-order chi connectivity index (χ1) is 12.7. The van der Waals surface area contributed by atoms with E-state index in [1.54, 1.807) is 19.2 Å². The summed E-state index contributed by atoms with van der Waals surface area (Å²) in [7, 11) is 1.56. The van der Waals surface area contributed by atoms with E-state index in [4.69, 9.17) is 9.72 Å². The molecule has 136 valence electrons. The average Bonchev–Trinajstić information content (AvgIpc) is 3.01. The Morgan fingerprint density at radius 3 is 2.65 bits per heavy atom. The van der Waals surface area contributed by atoms with E-state index in [1.165, 1.54) is 25.3 Å². The molecule has 1 aliphatic rings. The first-order valence-corrected chi connectivity index (χ1v) is 9.26. The number of pyridine rings is 1. The fourth-order valence-electron chi connectivity index (χ4n) is 3.91. The van der Waals surface area contributed by atoms with E-state index in [0.717, 1.165) is 30.0 Å². The van der Waals surface area contributed by atoms with Gasteiger partial charge >= 0.3 is 0 Å². The topological polar surface area (TPSA) is 38.6 Å². The summed E-state index contributed by atoms with van der Waals surface area (Å²) in [6, 6.07) is 11.3. The summed E-state index contributed by atoms with van der Waals surface area (Å²) in [5.74, 6) is 1.03. The molecule has 1 aromatic carbocycles. The maximum absolute atomic E-state index is 14.8. The zero-order valence-corrected chi connectivity index (χ0v) is 15.3. The van der Waals surface area contributed by atoms with Gasteiger partial charge in [0.1, 0.15) is 28.7 Å². The predicted molar refractivity (Wildman–Crippen MR) is 102 cm³/mol. The van der Waals surface area contributed by atoms with Crippen molar-refractivity contribution in [3.05, 3.63) is 47.9 Å². The quantitative estimate of drug-likeness (QED) is 0.700. The third kappa shape index (κ3) is 2.91. The molecule has 1 N–H and O–H groups in total. The number of nitrogens with zero attached hydrogens (tertiary/aromatic N) is 2. The van der Waals surface area contributed by atoms with Crippen molar-refractivity contribution in [2.24, 2.45) is 0 Å². The van der Waals surface area contributed by atoms with Gasteiger partial charge in [0.2, 0.25) is 0 Å². The van der Waals surface area contributed by atoms with Gasteiger partial charge in [0, 0.05) is 11.7 Å². The van der Waals surface area contributed by atoms with E-state index in [9.17, 15) is 4.39 Å². The third-order valence-electron chi connectivity index (χ3n) is 5.22. The number of halogens is 1. The van der Waals surface area contributed by atoms with Gasteiger partial charge in [-0.2, -0.15) is 0 Å². The van der Waals surface area contributed by atoms with Crippen molar-refractivity contribution in [2.45, 2.75) is 45.1 Å². The Kier molecular flexibility index (Phi) is 4.53. The first-order valence-electron chi connectivity index (χ1n) is 9.26. The molecule has 2 heterocycles. The lowest BCUT2D eigenvalue weighted by Crippen LogP contribution is -2.23. The largest absolute Gasteiger partial charge is 0.496 e. The van der Waals surface area contributed by atoms with E-state index in [2.05, 4.69) is 9.72 Å². The number of anilines is 1. The minimum Gasteiger partial charge on any atom is -0.496 e. The second kappa shape index (κ2) is 6.98. The first kappa shape index (κ1) is 16.9. The number of ether oxygens (including phenoxy) is 1. The third-order valence-corrected chi connectivity index (χ3v) is 5.22. The van der Waals surface area contributed by atoms with Crippen LogP contribution in [0.1, 0.15) is 37.8 Å². The van der Waals surface area contributed by atoms with Crippen LogP contribution in [0.15, 0.2) is 36.4 Å². The molecule has 0 unspecified atom stereocenters. The van der Waals surface area contributed by atoms with Crippen LogP contribution in [-0.4, -0.2) is 22.5 Å². The number of fused-ring (bicyclic) bond motifs is 1. The molecule has 5 heteroatoms. The van der Waals surface area contributed by atoms with Crippen molar-refractivity contribution in [3.63, 3.8) is 0 Å². The van der Waals surface area contributed by atoms with Gasteiger partial charge in [-0.3, -0.25) is 4.40 Å². The fourth-order valence-corrected chi connectivity index (χ4v) is 3.91. The molecule has 4 rings (SSSR count). The second-order valence-corrected chi connectivity index (χ2v) is 6.97. The maximum Gasteiger partial charge on any atom is 0.139 e. The van der Waals surface area contributed by atoms with Crippen molar-refractivity contribution in [3.8, 4) is 17.0 Å². The summed E-state index contributed by atoms with van der Waals surface area (Å²) in [6.45, 7) is 2.04. The number of nitrogens with one attached hydrogen (secondary N) is 1. The number of rotatable bonds is 4. The summed E-state index contributed by atoms with van der Waals surface area (Å²) in [4.78, 5) is 4.76. The number of hydrogen-bond donors (Lipinski definition) is 1. The Bertz CT molecular complexity index is 928. The minimum absolute atomic E-state index is 0.322. The number of hydrogen-bond acceptors (Lipinski definition) is 3. The zero-order chi connectivity index (χ0) is 18.1. The lowest BCUT2D eigenvalue weighted by atomic mass is 9.95. The maximum atomic E-state index is 14.8. The van der Waals surface area contributed by atoms with Crippen LogP contribution in [0.25, 0.3) is 16.9 Å². The van der Waals surface area contributed by atoms with Crippen LogP contribution in [0, 0.1) is 12.7 Å². The van der Waals surface area contributed by atoms with E-state index in [-0.39, 0.29) is 5.82 Å². The number of benzene rings is 1. The van der Waals surface area contributed by atoms with Crippen LogP contribution in [0.4, 0.5) is 10.2 Å². The van der Waals surface area contributed by atoms with Crippen LogP contribution in [-0.2, 0) is 0 Å². The number of aryl methyl sites for hydroxylation is 1. The lowest BCUT2D eigenvalue weighted by molar-refractivity contribution is 0.413. The average molecular weight is 353 g/mol. The van der Waals surface area contributed by atoms with Crippen LogP contribution in [0.3, 0.4) is 0 Å². The second-order valence-electron chi connectivity index (χ2n) is 6.97. The fraction of sp³-hybridized carbons (Fsp3) is 0.381. The molecule has 0 amide bonds. The summed E-state index contributed by atoms with van der Waals surface area (Å²) >= 11 is 0. The van der Waals surface area contributed by atoms with Crippen LogP contribution >= 0.6 is 0 Å². The number of methoxy groups -OCH3 is 1. The molecule has 0 radical (unpaired) electrons. The summed E-state index contributed by atoms with van der Waals surface area (Å²) in [6.07, 6.45) is 6.01. The molecule has 0 spiro atoms. The summed E-state index contributed by atoms with van der Waals surface area (Å²) in [5.41, 5.74) is 2.90. The van der Waals surface area contributed by atoms with E-state index >= 15 is 0 Å². The Balaban J connectivity index is 1.92. The van der Waals surface area contributed by atoms with Crippen LogP contribution in [0.2, 0.25) is 0 Å². The highest BCUT2D eigenvalue weighted by molar-refractivity contribution is 5.81. The molecule has 0 bridgehead atoms. The van der Waals surface area contributed by atoms with Crippen molar-refractivity contribution in [1.29, 1.82) is 0 Å². The molecular weight excluding hydrogens is 329 g/mol. The minimum atomic E-state index is -0.322. The highest BCUT2D eigenvalue weighted by atomic mass is 19.1.